The molecule has 0 radical (unpaired) electrons. The molecule has 0 spiro atoms. The Balaban J connectivity index is 2.72. The predicted octanol–water partition coefficient (Wildman–Crippen LogP) is 2.31. The van der Waals surface area contributed by atoms with Crippen LogP contribution in [0, 0.1) is 5.41 Å². The first-order chi connectivity index (χ1) is 7.94. The van der Waals surface area contributed by atoms with E-state index >= 15 is 0 Å². The Labute approximate surface area is 103 Å². The second kappa shape index (κ2) is 5.70. The van der Waals surface area contributed by atoms with Gasteiger partial charge in [-0.25, -0.2) is 4.98 Å². The standard InChI is InChI=1S/C12H22N4O/c1-5-6-17-11-9(13)10(15-8-16-11)14-7-12(2,3)4/h8H,5-7,13H2,1-4H3,(H,14,15,16). The number of nitrogen functional groups attached to an aromatic ring is 1. The van der Waals surface area contributed by atoms with Crippen LogP contribution in [0.2, 0.25) is 0 Å². The van der Waals surface area contributed by atoms with Crippen molar-refractivity contribution < 1.29 is 4.74 Å². The van der Waals surface area contributed by atoms with Crippen LogP contribution in [0.5, 0.6) is 5.88 Å². The monoisotopic (exact) mass is 238 g/mol. The van der Waals surface area contributed by atoms with Crippen LogP contribution in [0.4, 0.5) is 11.5 Å². The van der Waals surface area contributed by atoms with Gasteiger partial charge in [-0.2, -0.15) is 4.98 Å². The molecule has 1 rings (SSSR count). The molecule has 0 bridgehead atoms. The van der Waals surface area contributed by atoms with E-state index < -0.39 is 0 Å². The van der Waals surface area contributed by atoms with Gasteiger partial charge in [0.25, 0.3) is 0 Å². The number of hydrogen-bond acceptors (Lipinski definition) is 5. The SMILES string of the molecule is CCCOc1ncnc(NCC(C)(C)C)c1N. The number of ether oxygens (including phenoxy) is 1. The first kappa shape index (κ1) is 13.5. The molecule has 96 valence electrons. The van der Waals surface area contributed by atoms with E-state index in [-0.39, 0.29) is 5.41 Å². The fourth-order valence-corrected chi connectivity index (χ4v) is 1.18. The summed E-state index contributed by atoms with van der Waals surface area (Å²) in [6, 6.07) is 0. The third-order valence-corrected chi connectivity index (χ3v) is 2.08. The normalized spacial score (nSPS) is 11.3. The van der Waals surface area contributed by atoms with Crippen LogP contribution in [0.15, 0.2) is 6.33 Å². The Bertz CT molecular complexity index is 360. The minimum absolute atomic E-state index is 0.168. The van der Waals surface area contributed by atoms with Gasteiger partial charge in [0, 0.05) is 6.54 Å². The maximum Gasteiger partial charge on any atom is 0.242 e. The van der Waals surface area contributed by atoms with Crippen molar-refractivity contribution in [2.45, 2.75) is 34.1 Å². The van der Waals surface area contributed by atoms with E-state index in [1.54, 1.807) is 0 Å². The first-order valence-electron chi connectivity index (χ1n) is 5.91. The lowest BCUT2D eigenvalue weighted by Gasteiger charge is -2.20. The summed E-state index contributed by atoms with van der Waals surface area (Å²) in [7, 11) is 0. The van der Waals surface area contributed by atoms with E-state index in [4.69, 9.17) is 10.5 Å². The van der Waals surface area contributed by atoms with E-state index in [9.17, 15) is 0 Å². The summed E-state index contributed by atoms with van der Waals surface area (Å²) in [6.07, 6.45) is 2.39. The molecule has 0 aliphatic rings. The van der Waals surface area contributed by atoms with E-state index in [1.165, 1.54) is 6.33 Å². The summed E-state index contributed by atoms with van der Waals surface area (Å²) >= 11 is 0. The lowest BCUT2D eigenvalue weighted by atomic mass is 9.97. The van der Waals surface area contributed by atoms with Crippen molar-refractivity contribution in [1.82, 2.24) is 9.97 Å². The fourth-order valence-electron chi connectivity index (χ4n) is 1.18. The van der Waals surface area contributed by atoms with Gasteiger partial charge in [-0.05, 0) is 11.8 Å². The van der Waals surface area contributed by atoms with Gasteiger partial charge >= 0.3 is 0 Å². The highest BCUT2D eigenvalue weighted by Gasteiger charge is 2.13. The fraction of sp³-hybridized carbons (Fsp3) is 0.667. The van der Waals surface area contributed by atoms with Crippen LogP contribution >= 0.6 is 0 Å². The number of anilines is 2. The summed E-state index contributed by atoms with van der Waals surface area (Å²) in [5.41, 5.74) is 6.59. The molecule has 5 heteroatoms. The summed E-state index contributed by atoms with van der Waals surface area (Å²) in [5, 5.41) is 3.21. The molecule has 0 amide bonds. The van der Waals surface area contributed by atoms with E-state index in [2.05, 4.69) is 36.1 Å². The minimum Gasteiger partial charge on any atom is -0.476 e. The molecule has 0 aliphatic heterocycles. The molecule has 0 saturated carbocycles. The Morgan fingerprint density at radius 3 is 2.65 bits per heavy atom. The molecular formula is C12H22N4O. The smallest absolute Gasteiger partial charge is 0.242 e. The Morgan fingerprint density at radius 2 is 2.06 bits per heavy atom. The molecule has 1 aromatic rings. The highest BCUT2D eigenvalue weighted by Crippen LogP contribution is 2.25. The average molecular weight is 238 g/mol. The van der Waals surface area contributed by atoms with Gasteiger partial charge in [-0.15, -0.1) is 0 Å². The maximum absolute atomic E-state index is 5.94. The molecule has 0 atom stereocenters. The number of aromatic nitrogens is 2. The summed E-state index contributed by atoms with van der Waals surface area (Å²) in [4.78, 5) is 8.15. The van der Waals surface area contributed by atoms with Crippen molar-refractivity contribution in [3.63, 3.8) is 0 Å². The number of nitrogens with two attached hydrogens (primary N) is 1. The van der Waals surface area contributed by atoms with Crippen LogP contribution in [0.25, 0.3) is 0 Å². The van der Waals surface area contributed by atoms with Gasteiger partial charge in [0.1, 0.15) is 12.0 Å². The Morgan fingerprint density at radius 1 is 1.35 bits per heavy atom. The summed E-state index contributed by atoms with van der Waals surface area (Å²) < 4.78 is 5.44. The minimum atomic E-state index is 0.168. The van der Waals surface area contributed by atoms with Crippen molar-refractivity contribution in [3.8, 4) is 5.88 Å². The molecule has 0 saturated heterocycles. The van der Waals surface area contributed by atoms with Crippen molar-refractivity contribution >= 4 is 11.5 Å². The topological polar surface area (TPSA) is 73.1 Å². The molecule has 1 heterocycles. The quantitative estimate of drug-likeness (QED) is 0.823. The van der Waals surface area contributed by atoms with Crippen molar-refractivity contribution in [1.29, 1.82) is 0 Å². The van der Waals surface area contributed by atoms with E-state index in [0.29, 0.717) is 24.0 Å². The second-order valence-electron chi connectivity index (χ2n) is 5.20. The van der Waals surface area contributed by atoms with Gasteiger partial charge in [0.15, 0.2) is 5.82 Å². The molecule has 0 fully saturated rings. The van der Waals surface area contributed by atoms with Crippen LogP contribution in [0.1, 0.15) is 34.1 Å². The summed E-state index contributed by atoms with van der Waals surface area (Å²) in [6.45, 7) is 9.88. The third-order valence-electron chi connectivity index (χ3n) is 2.08. The van der Waals surface area contributed by atoms with Gasteiger partial charge in [0.05, 0.1) is 6.61 Å². The first-order valence-corrected chi connectivity index (χ1v) is 5.91. The van der Waals surface area contributed by atoms with Gasteiger partial charge in [0.2, 0.25) is 5.88 Å². The maximum atomic E-state index is 5.94. The molecule has 0 unspecified atom stereocenters. The molecule has 1 aromatic heterocycles. The van der Waals surface area contributed by atoms with Crippen LogP contribution < -0.4 is 15.8 Å². The highest BCUT2D eigenvalue weighted by atomic mass is 16.5. The molecule has 17 heavy (non-hydrogen) atoms. The molecule has 3 N–H and O–H groups in total. The zero-order valence-electron chi connectivity index (χ0n) is 11.1. The second-order valence-corrected chi connectivity index (χ2v) is 5.20. The number of nitrogens with zero attached hydrogens (tertiary/aromatic N) is 2. The molecule has 5 nitrogen and oxygen atoms in total. The van der Waals surface area contributed by atoms with Crippen LogP contribution in [-0.4, -0.2) is 23.1 Å². The largest absolute Gasteiger partial charge is 0.476 e. The average Bonchev–Trinajstić information content (AvgIpc) is 2.25. The third kappa shape index (κ3) is 4.46. The molecular weight excluding hydrogens is 216 g/mol. The van der Waals surface area contributed by atoms with Crippen molar-refractivity contribution in [3.05, 3.63) is 6.33 Å². The molecule has 0 aliphatic carbocycles. The Hall–Kier alpha value is -1.52. The summed E-state index contributed by atoms with van der Waals surface area (Å²) in [5.74, 6) is 1.10. The van der Waals surface area contributed by atoms with Crippen molar-refractivity contribution in [2.24, 2.45) is 5.41 Å². The molecule has 0 aromatic carbocycles. The zero-order chi connectivity index (χ0) is 12.9. The zero-order valence-corrected chi connectivity index (χ0v) is 11.1. The lowest BCUT2D eigenvalue weighted by molar-refractivity contribution is 0.306. The lowest BCUT2D eigenvalue weighted by Crippen LogP contribution is -2.20. The van der Waals surface area contributed by atoms with E-state index in [1.807, 2.05) is 6.92 Å². The Kier molecular flexibility index (Phi) is 4.54. The van der Waals surface area contributed by atoms with E-state index in [0.717, 1.165) is 13.0 Å². The van der Waals surface area contributed by atoms with Crippen LogP contribution in [0.3, 0.4) is 0 Å². The van der Waals surface area contributed by atoms with Gasteiger partial charge < -0.3 is 15.8 Å². The number of hydrogen-bond donors (Lipinski definition) is 2. The van der Waals surface area contributed by atoms with Gasteiger partial charge in [-0.3, -0.25) is 0 Å². The van der Waals surface area contributed by atoms with Crippen LogP contribution in [-0.2, 0) is 0 Å². The highest BCUT2D eigenvalue weighted by molar-refractivity contribution is 5.66. The van der Waals surface area contributed by atoms with Gasteiger partial charge in [-0.1, -0.05) is 27.7 Å². The number of rotatable bonds is 5. The number of nitrogens with one attached hydrogen (secondary N) is 1. The van der Waals surface area contributed by atoms with Crippen molar-refractivity contribution in [2.75, 3.05) is 24.2 Å². The predicted molar refractivity (Wildman–Crippen MR) is 70.2 cm³/mol.